The largest absolute Gasteiger partial charge is 0.288 e. The van der Waals surface area contributed by atoms with Gasteiger partial charge < -0.3 is 0 Å². The summed E-state index contributed by atoms with van der Waals surface area (Å²) in [7, 11) is 0. The summed E-state index contributed by atoms with van der Waals surface area (Å²) in [4.78, 5) is 13.7. The number of benzene rings is 1. The molecule has 3 aromatic rings. The number of thiophene rings is 1. The minimum Gasteiger partial charge on any atom is -0.288 e. The molecule has 1 nitrogen and oxygen atoms in total. The van der Waals surface area contributed by atoms with Gasteiger partial charge in [-0.05, 0) is 23.9 Å². The molecular formula is C17H14OS. The van der Waals surface area contributed by atoms with Crippen LogP contribution >= 0.6 is 11.3 Å². The van der Waals surface area contributed by atoms with E-state index in [1.165, 1.54) is 10.4 Å². The second-order valence-corrected chi connectivity index (χ2v) is 5.94. The molecule has 0 saturated carbocycles. The van der Waals surface area contributed by atoms with Crippen LogP contribution in [0.2, 0.25) is 0 Å². The Balaban J connectivity index is 2.15. The first-order valence-corrected chi connectivity index (χ1v) is 7.12. The Morgan fingerprint density at radius 3 is 2.58 bits per heavy atom. The first-order valence-electron chi connectivity index (χ1n) is 6.30. The average Bonchev–Trinajstić information content (AvgIpc) is 2.73. The summed E-state index contributed by atoms with van der Waals surface area (Å²) in [6, 6.07) is 18.1. The third-order valence-corrected chi connectivity index (χ3v) is 4.26. The first kappa shape index (κ1) is 12.1. The molecule has 1 heterocycles. The normalized spacial score (nSPS) is 10.8. The van der Waals surface area contributed by atoms with E-state index in [0.717, 1.165) is 15.6 Å². The zero-order valence-corrected chi connectivity index (χ0v) is 11.5. The number of hydrogen-bond donors (Lipinski definition) is 0. The van der Waals surface area contributed by atoms with Gasteiger partial charge in [0.05, 0.1) is 4.70 Å². The minimum absolute atomic E-state index is 0.168. The van der Waals surface area contributed by atoms with Crippen LogP contribution in [0.5, 0.6) is 0 Å². The standard InChI is InChI=1S/C17H14OS/c1-12-10-15-9-5-8-14(16(18)17(15)19-12)11-13-6-3-2-4-7-13/h2-10H,11H2,1H3. The zero-order valence-electron chi connectivity index (χ0n) is 10.7. The molecule has 0 radical (unpaired) electrons. The SMILES string of the molecule is Cc1cc2cccc(Cc3ccccc3)c(=O)c2s1. The van der Waals surface area contributed by atoms with Gasteiger partial charge in [0, 0.05) is 16.9 Å². The Bertz CT molecular complexity index is 772. The lowest BCUT2D eigenvalue weighted by molar-refractivity contribution is 1.18. The van der Waals surface area contributed by atoms with Crippen LogP contribution in [0.15, 0.2) is 59.4 Å². The Morgan fingerprint density at radius 2 is 1.79 bits per heavy atom. The molecule has 0 unspecified atom stereocenters. The molecule has 0 amide bonds. The smallest absolute Gasteiger partial charge is 0.199 e. The number of aryl methyl sites for hydroxylation is 1. The molecule has 3 rings (SSSR count). The Morgan fingerprint density at radius 1 is 1.00 bits per heavy atom. The van der Waals surface area contributed by atoms with Crippen molar-refractivity contribution in [1.82, 2.24) is 0 Å². The third-order valence-electron chi connectivity index (χ3n) is 3.19. The van der Waals surface area contributed by atoms with Gasteiger partial charge in [0.1, 0.15) is 0 Å². The van der Waals surface area contributed by atoms with Crippen LogP contribution in [-0.2, 0) is 6.42 Å². The van der Waals surface area contributed by atoms with Crippen LogP contribution in [0.1, 0.15) is 16.0 Å². The van der Waals surface area contributed by atoms with Gasteiger partial charge in [-0.15, -0.1) is 11.3 Å². The van der Waals surface area contributed by atoms with Crippen LogP contribution in [0.25, 0.3) is 10.1 Å². The van der Waals surface area contributed by atoms with E-state index in [4.69, 9.17) is 0 Å². The molecule has 0 saturated heterocycles. The van der Waals surface area contributed by atoms with E-state index in [1.54, 1.807) is 11.3 Å². The van der Waals surface area contributed by atoms with Crippen molar-refractivity contribution < 1.29 is 0 Å². The van der Waals surface area contributed by atoms with E-state index < -0.39 is 0 Å². The lowest BCUT2D eigenvalue weighted by Gasteiger charge is -1.98. The zero-order chi connectivity index (χ0) is 13.2. The molecule has 94 valence electrons. The van der Waals surface area contributed by atoms with Gasteiger partial charge in [-0.3, -0.25) is 4.79 Å². The lowest BCUT2D eigenvalue weighted by atomic mass is 10.1. The second-order valence-electron chi connectivity index (χ2n) is 4.68. The molecule has 0 fully saturated rings. The maximum Gasteiger partial charge on any atom is 0.199 e. The van der Waals surface area contributed by atoms with Gasteiger partial charge in [-0.2, -0.15) is 0 Å². The van der Waals surface area contributed by atoms with Crippen LogP contribution in [0.4, 0.5) is 0 Å². The second kappa shape index (κ2) is 4.98. The molecule has 0 aliphatic rings. The summed E-state index contributed by atoms with van der Waals surface area (Å²) in [5, 5.41) is 1.05. The van der Waals surface area contributed by atoms with Crippen molar-refractivity contribution in [3.8, 4) is 0 Å². The maximum atomic E-state index is 12.6. The van der Waals surface area contributed by atoms with Gasteiger partial charge in [0.15, 0.2) is 5.43 Å². The summed E-state index contributed by atoms with van der Waals surface area (Å²) in [5.41, 5.74) is 2.21. The van der Waals surface area contributed by atoms with E-state index in [2.05, 4.69) is 18.2 Å². The summed E-state index contributed by atoms with van der Waals surface area (Å²) in [6.07, 6.45) is 0.695. The Hall–Kier alpha value is -1.93. The molecule has 2 aromatic carbocycles. The molecule has 0 aliphatic heterocycles. The van der Waals surface area contributed by atoms with Crippen LogP contribution in [-0.4, -0.2) is 0 Å². The number of hydrogen-bond acceptors (Lipinski definition) is 2. The van der Waals surface area contributed by atoms with E-state index >= 15 is 0 Å². The fourth-order valence-corrected chi connectivity index (χ4v) is 3.26. The highest BCUT2D eigenvalue weighted by atomic mass is 32.1. The van der Waals surface area contributed by atoms with Crippen molar-refractivity contribution in [2.45, 2.75) is 13.3 Å². The van der Waals surface area contributed by atoms with E-state index in [0.29, 0.717) is 6.42 Å². The van der Waals surface area contributed by atoms with Gasteiger partial charge in [0.2, 0.25) is 0 Å². The predicted molar refractivity (Wildman–Crippen MR) is 82.1 cm³/mol. The van der Waals surface area contributed by atoms with Gasteiger partial charge >= 0.3 is 0 Å². The van der Waals surface area contributed by atoms with E-state index in [-0.39, 0.29) is 5.43 Å². The fourth-order valence-electron chi connectivity index (χ4n) is 2.28. The molecule has 1 aromatic heterocycles. The molecule has 0 N–H and O–H groups in total. The van der Waals surface area contributed by atoms with Crippen molar-refractivity contribution >= 4 is 21.4 Å². The van der Waals surface area contributed by atoms with Crippen molar-refractivity contribution in [2.24, 2.45) is 0 Å². The van der Waals surface area contributed by atoms with Crippen molar-refractivity contribution in [3.63, 3.8) is 0 Å². The highest BCUT2D eigenvalue weighted by Gasteiger charge is 2.06. The molecular weight excluding hydrogens is 252 g/mol. The average molecular weight is 266 g/mol. The van der Waals surface area contributed by atoms with Crippen molar-refractivity contribution in [1.29, 1.82) is 0 Å². The molecule has 0 bridgehead atoms. The van der Waals surface area contributed by atoms with Crippen LogP contribution in [0.3, 0.4) is 0 Å². The quantitative estimate of drug-likeness (QED) is 0.680. The Kier molecular flexibility index (Phi) is 3.18. The van der Waals surface area contributed by atoms with Crippen LogP contribution in [0, 0.1) is 6.92 Å². The summed E-state index contributed by atoms with van der Waals surface area (Å²) in [6.45, 7) is 2.04. The minimum atomic E-state index is 0.168. The number of fused-ring (bicyclic) bond motifs is 1. The van der Waals surface area contributed by atoms with E-state index in [1.807, 2.05) is 43.3 Å². The Labute approximate surface area is 116 Å². The summed E-state index contributed by atoms with van der Waals surface area (Å²) >= 11 is 1.58. The maximum absolute atomic E-state index is 12.6. The predicted octanol–water partition coefficient (Wildman–Crippen LogP) is 4.16. The van der Waals surface area contributed by atoms with Gasteiger partial charge in [0.25, 0.3) is 0 Å². The molecule has 19 heavy (non-hydrogen) atoms. The third kappa shape index (κ3) is 2.45. The first-order chi connectivity index (χ1) is 9.24. The fraction of sp³-hybridized carbons (Fsp3) is 0.118. The van der Waals surface area contributed by atoms with Crippen LogP contribution < -0.4 is 5.43 Å². The van der Waals surface area contributed by atoms with E-state index in [9.17, 15) is 4.79 Å². The monoisotopic (exact) mass is 266 g/mol. The molecule has 0 atom stereocenters. The topological polar surface area (TPSA) is 17.1 Å². The van der Waals surface area contributed by atoms with Gasteiger partial charge in [-0.25, -0.2) is 0 Å². The highest BCUT2D eigenvalue weighted by Crippen LogP contribution is 2.21. The lowest BCUT2D eigenvalue weighted by Crippen LogP contribution is -2.05. The van der Waals surface area contributed by atoms with Crippen molar-refractivity contribution in [3.05, 3.63) is 80.8 Å². The van der Waals surface area contributed by atoms with Crippen molar-refractivity contribution in [2.75, 3.05) is 0 Å². The number of rotatable bonds is 2. The molecule has 2 heteroatoms. The molecule has 0 aliphatic carbocycles. The summed E-state index contributed by atoms with van der Waals surface area (Å²) in [5.74, 6) is 0. The molecule has 0 spiro atoms. The summed E-state index contributed by atoms with van der Waals surface area (Å²) < 4.78 is 0.869. The highest BCUT2D eigenvalue weighted by molar-refractivity contribution is 7.18. The van der Waals surface area contributed by atoms with Gasteiger partial charge in [-0.1, -0.05) is 48.5 Å².